The molecule has 118 valence electrons. The van der Waals surface area contributed by atoms with Gasteiger partial charge in [0.1, 0.15) is 0 Å². The van der Waals surface area contributed by atoms with E-state index in [1.807, 2.05) is 0 Å². The van der Waals surface area contributed by atoms with Crippen molar-refractivity contribution < 1.29 is 0 Å². The van der Waals surface area contributed by atoms with Crippen LogP contribution in [0.2, 0.25) is 0 Å². The van der Waals surface area contributed by atoms with Crippen LogP contribution in [0, 0.1) is 5.92 Å². The predicted molar refractivity (Wildman–Crippen MR) is 86.0 cm³/mol. The SMILES string of the molecule is CCC1CN(Cc2ccn(C3CCCCC3)n2)CCC1N. The number of nitrogens with zero attached hydrogens (tertiary/aromatic N) is 3. The number of piperidine rings is 1. The quantitative estimate of drug-likeness (QED) is 0.927. The number of aromatic nitrogens is 2. The Morgan fingerprint density at radius 1 is 1.24 bits per heavy atom. The van der Waals surface area contributed by atoms with Gasteiger partial charge in [-0.2, -0.15) is 5.10 Å². The van der Waals surface area contributed by atoms with Crippen molar-refractivity contribution in [3.05, 3.63) is 18.0 Å². The van der Waals surface area contributed by atoms with E-state index in [0.717, 1.165) is 26.1 Å². The monoisotopic (exact) mass is 290 g/mol. The third kappa shape index (κ3) is 3.67. The molecular weight excluding hydrogens is 260 g/mol. The Bertz CT molecular complexity index is 436. The minimum atomic E-state index is 0.394. The molecule has 1 saturated carbocycles. The molecule has 3 rings (SSSR count). The summed E-state index contributed by atoms with van der Waals surface area (Å²) in [6.45, 7) is 5.50. The zero-order valence-electron chi connectivity index (χ0n) is 13.4. The van der Waals surface area contributed by atoms with Gasteiger partial charge in [-0.3, -0.25) is 9.58 Å². The second kappa shape index (κ2) is 6.93. The maximum absolute atomic E-state index is 6.20. The third-order valence-electron chi connectivity index (χ3n) is 5.40. The summed E-state index contributed by atoms with van der Waals surface area (Å²) in [4.78, 5) is 2.53. The first-order valence-electron chi connectivity index (χ1n) is 8.78. The van der Waals surface area contributed by atoms with Gasteiger partial charge in [0.2, 0.25) is 0 Å². The first-order chi connectivity index (χ1) is 10.3. The number of hydrogen-bond acceptors (Lipinski definition) is 3. The Morgan fingerprint density at radius 3 is 2.81 bits per heavy atom. The van der Waals surface area contributed by atoms with Crippen LogP contribution in [0.1, 0.15) is 63.6 Å². The Labute approximate surface area is 128 Å². The van der Waals surface area contributed by atoms with Crippen LogP contribution in [0.3, 0.4) is 0 Å². The van der Waals surface area contributed by atoms with Gasteiger partial charge >= 0.3 is 0 Å². The molecule has 0 amide bonds. The highest BCUT2D eigenvalue weighted by Gasteiger charge is 2.25. The highest BCUT2D eigenvalue weighted by atomic mass is 15.3. The molecule has 1 saturated heterocycles. The molecule has 0 spiro atoms. The second-order valence-corrected chi connectivity index (χ2v) is 6.93. The Morgan fingerprint density at radius 2 is 2.05 bits per heavy atom. The van der Waals surface area contributed by atoms with Gasteiger partial charge in [0, 0.05) is 31.9 Å². The molecule has 4 heteroatoms. The molecular formula is C17H30N4. The van der Waals surface area contributed by atoms with E-state index in [4.69, 9.17) is 10.8 Å². The fourth-order valence-corrected chi connectivity index (χ4v) is 3.94. The van der Waals surface area contributed by atoms with Gasteiger partial charge in [-0.25, -0.2) is 0 Å². The van der Waals surface area contributed by atoms with Crippen molar-refractivity contribution in [2.45, 2.75) is 70.5 Å². The van der Waals surface area contributed by atoms with Crippen LogP contribution in [0.25, 0.3) is 0 Å². The second-order valence-electron chi connectivity index (χ2n) is 6.93. The fourth-order valence-electron chi connectivity index (χ4n) is 3.94. The number of rotatable bonds is 4. The van der Waals surface area contributed by atoms with Gasteiger partial charge in [-0.15, -0.1) is 0 Å². The van der Waals surface area contributed by atoms with E-state index >= 15 is 0 Å². The lowest BCUT2D eigenvalue weighted by Crippen LogP contribution is -2.46. The number of nitrogens with two attached hydrogens (primary N) is 1. The molecule has 2 N–H and O–H groups in total. The maximum Gasteiger partial charge on any atom is 0.0764 e. The molecule has 1 aromatic heterocycles. The molecule has 1 aliphatic heterocycles. The van der Waals surface area contributed by atoms with E-state index in [2.05, 4.69) is 28.8 Å². The summed E-state index contributed by atoms with van der Waals surface area (Å²) >= 11 is 0. The van der Waals surface area contributed by atoms with Gasteiger partial charge in [0.25, 0.3) is 0 Å². The van der Waals surface area contributed by atoms with Gasteiger partial charge in [0.05, 0.1) is 11.7 Å². The highest BCUT2D eigenvalue weighted by molar-refractivity contribution is 5.01. The zero-order chi connectivity index (χ0) is 14.7. The van der Waals surface area contributed by atoms with Crippen molar-refractivity contribution in [3.63, 3.8) is 0 Å². The minimum Gasteiger partial charge on any atom is -0.327 e. The summed E-state index contributed by atoms with van der Waals surface area (Å²) in [7, 11) is 0. The van der Waals surface area contributed by atoms with E-state index in [0.29, 0.717) is 18.0 Å². The molecule has 1 aromatic rings. The van der Waals surface area contributed by atoms with Crippen LogP contribution in [0.15, 0.2) is 12.3 Å². The first kappa shape index (κ1) is 15.0. The van der Waals surface area contributed by atoms with Crippen LogP contribution >= 0.6 is 0 Å². The smallest absolute Gasteiger partial charge is 0.0764 e. The van der Waals surface area contributed by atoms with Crippen molar-refractivity contribution >= 4 is 0 Å². The summed E-state index contributed by atoms with van der Waals surface area (Å²) < 4.78 is 2.22. The van der Waals surface area contributed by atoms with Gasteiger partial charge in [0.15, 0.2) is 0 Å². The molecule has 21 heavy (non-hydrogen) atoms. The van der Waals surface area contributed by atoms with Gasteiger partial charge < -0.3 is 5.73 Å². The van der Waals surface area contributed by atoms with Crippen molar-refractivity contribution in [2.75, 3.05) is 13.1 Å². The van der Waals surface area contributed by atoms with Crippen LogP contribution in [0.4, 0.5) is 0 Å². The average Bonchev–Trinajstić information content (AvgIpc) is 2.98. The van der Waals surface area contributed by atoms with Crippen molar-refractivity contribution in [1.29, 1.82) is 0 Å². The van der Waals surface area contributed by atoms with E-state index in [9.17, 15) is 0 Å². The average molecular weight is 290 g/mol. The van der Waals surface area contributed by atoms with E-state index in [1.54, 1.807) is 0 Å². The van der Waals surface area contributed by atoms with Crippen LogP contribution < -0.4 is 5.73 Å². The van der Waals surface area contributed by atoms with Crippen LogP contribution in [-0.2, 0) is 6.54 Å². The molecule has 0 bridgehead atoms. The topological polar surface area (TPSA) is 47.1 Å². The molecule has 2 fully saturated rings. The summed E-state index contributed by atoms with van der Waals surface area (Å²) in [5.41, 5.74) is 7.43. The van der Waals surface area contributed by atoms with Crippen LogP contribution in [-0.4, -0.2) is 33.8 Å². The normalized spacial score (nSPS) is 28.9. The number of hydrogen-bond donors (Lipinski definition) is 1. The standard InChI is InChI=1S/C17H30N4/c1-2-14-12-20(10-9-17(14)18)13-15-8-11-21(19-15)16-6-4-3-5-7-16/h8,11,14,16-17H,2-7,9-10,12-13,18H2,1H3. The summed E-state index contributed by atoms with van der Waals surface area (Å²) in [5.74, 6) is 0.652. The van der Waals surface area contributed by atoms with Crippen molar-refractivity contribution in [1.82, 2.24) is 14.7 Å². The summed E-state index contributed by atoms with van der Waals surface area (Å²) in [6, 6.07) is 3.25. The number of likely N-dealkylation sites (tertiary alicyclic amines) is 1. The lowest BCUT2D eigenvalue weighted by molar-refractivity contribution is 0.143. The molecule has 4 nitrogen and oxygen atoms in total. The van der Waals surface area contributed by atoms with E-state index in [-0.39, 0.29) is 0 Å². The highest BCUT2D eigenvalue weighted by Crippen LogP contribution is 2.27. The minimum absolute atomic E-state index is 0.394. The molecule has 0 radical (unpaired) electrons. The predicted octanol–water partition coefficient (Wildman–Crippen LogP) is 2.95. The summed E-state index contributed by atoms with van der Waals surface area (Å²) in [5, 5.41) is 4.84. The molecule has 2 unspecified atom stereocenters. The Kier molecular flexibility index (Phi) is 4.96. The van der Waals surface area contributed by atoms with E-state index in [1.165, 1.54) is 44.2 Å². The van der Waals surface area contributed by atoms with E-state index < -0.39 is 0 Å². The molecule has 2 aliphatic rings. The third-order valence-corrected chi connectivity index (χ3v) is 5.40. The Balaban J connectivity index is 1.57. The first-order valence-corrected chi connectivity index (χ1v) is 8.78. The fraction of sp³-hybridized carbons (Fsp3) is 0.824. The van der Waals surface area contributed by atoms with Crippen LogP contribution in [0.5, 0.6) is 0 Å². The maximum atomic E-state index is 6.20. The summed E-state index contributed by atoms with van der Waals surface area (Å²) in [6.07, 6.45) is 11.2. The molecule has 2 heterocycles. The molecule has 0 aromatic carbocycles. The Hall–Kier alpha value is -0.870. The lowest BCUT2D eigenvalue weighted by atomic mass is 9.91. The largest absolute Gasteiger partial charge is 0.327 e. The van der Waals surface area contributed by atoms with Gasteiger partial charge in [-0.1, -0.05) is 32.6 Å². The van der Waals surface area contributed by atoms with Crippen molar-refractivity contribution in [3.8, 4) is 0 Å². The van der Waals surface area contributed by atoms with Gasteiger partial charge in [-0.05, 0) is 31.2 Å². The van der Waals surface area contributed by atoms with Crippen molar-refractivity contribution in [2.24, 2.45) is 11.7 Å². The molecule has 1 aliphatic carbocycles. The zero-order valence-corrected chi connectivity index (χ0v) is 13.4. The molecule has 2 atom stereocenters. The lowest BCUT2D eigenvalue weighted by Gasteiger charge is -2.36.